The van der Waals surface area contributed by atoms with E-state index in [1.165, 1.54) is 10.8 Å². The highest BCUT2D eigenvalue weighted by Gasteiger charge is 1.97. The first-order valence-corrected chi connectivity index (χ1v) is 5.31. The van der Waals surface area contributed by atoms with Gasteiger partial charge in [-0.3, -0.25) is 0 Å². The van der Waals surface area contributed by atoms with Gasteiger partial charge in [-0.25, -0.2) is 0 Å². The summed E-state index contributed by atoms with van der Waals surface area (Å²) < 4.78 is 5.21. The molecule has 0 unspecified atom stereocenters. The van der Waals surface area contributed by atoms with E-state index in [9.17, 15) is 0 Å². The van der Waals surface area contributed by atoms with Crippen LogP contribution < -0.4 is 0 Å². The van der Waals surface area contributed by atoms with Gasteiger partial charge >= 0.3 is 0 Å². The fraction of sp³-hybridized carbons (Fsp3) is 0.385. The molecule has 0 saturated carbocycles. The summed E-state index contributed by atoms with van der Waals surface area (Å²) >= 11 is 0. The number of furan rings is 1. The summed E-state index contributed by atoms with van der Waals surface area (Å²) in [5.41, 5.74) is 0. The standard InChI is InChI=1S/C9H8O.2C2H6/c1-7-9-5-3-2-4-8(9)6-10-7;2*1-2/h2-6H,1H3;2*1-2H3. The SMILES string of the molecule is CC.CC.Cc1occ2ccccc12. The van der Waals surface area contributed by atoms with Crippen molar-refractivity contribution < 1.29 is 4.42 Å². The van der Waals surface area contributed by atoms with E-state index in [0.717, 1.165) is 5.76 Å². The van der Waals surface area contributed by atoms with Crippen LogP contribution in [0.4, 0.5) is 0 Å². The van der Waals surface area contributed by atoms with Gasteiger partial charge in [0.1, 0.15) is 5.76 Å². The Bertz CT molecular complexity index is 347. The lowest BCUT2D eigenvalue weighted by Crippen LogP contribution is -1.63. The maximum Gasteiger partial charge on any atom is 0.108 e. The summed E-state index contributed by atoms with van der Waals surface area (Å²) in [6, 6.07) is 8.14. The molecule has 0 amide bonds. The Labute approximate surface area is 86.7 Å². The second-order valence-corrected chi connectivity index (χ2v) is 2.38. The normalized spacial score (nSPS) is 8.36. The molecule has 0 fully saturated rings. The minimum Gasteiger partial charge on any atom is -0.468 e. The summed E-state index contributed by atoms with van der Waals surface area (Å²) in [5.74, 6) is 0.996. The van der Waals surface area contributed by atoms with Crippen LogP contribution >= 0.6 is 0 Å². The zero-order valence-corrected chi connectivity index (χ0v) is 9.79. The molecule has 1 heterocycles. The maximum absolute atomic E-state index is 5.21. The molecule has 2 aromatic rings. The highest BCUT2D eigenvalue weighted by molar-refractivity contribution is 5.83. The van der Waals surface area contributed by atoms with Gasteiger partial charge in [0.05, 0.1) is 6.26 Å². The van der Waals surface area contributed by atoms with Crippen molar-refractivity contribution in [2.45, 2.75) is 34.6 Å². The van der Waals surface area contributed by atoms with Gasteiger partial charge in [-0.05, 0) is 6.92 Å². The van der Waals surface area contributed by atoms with Crippen LogP contribution in [-0.4, -0.2) is 0 Å². The number of hydrogen-bond donors (Lipinski definition) is 0. The summed E-state index contributed by atoms with van der Waals surface area (Å²) in [6.07, 6.45) is 1.78. The molecule has 1 aromatic heterocycles. The molecule has 78 valence electrons. The predicted octanol–water partition coefficient (Wildman–Crippen LogP) is 4.79. The van der Waals surface area contributed by atoms with Gasteiger partial charge in [0.15, 0.2) is 0 Å². The number of rotatable bonds is 0. The first-order valence-electron chi connectivity index (χ1n) is 5.31. The van der Waals surface area contributed by atoms with Gasteiger partial charge in [-0.1, -0.05) is 52.0 Å². The van der Waals surface area contributed by atoms with E-state index >= 15 is 0 Å². The molecule has 0 aliphatic carbocycles. The fourth-order valence-electron chi connectivity index (χ4n) is 1.14. The third-order valence-corrected chi connectivity index (χ3v) is 1.70. The molecule has 0 aliphatic rings. The van der Waals surface area contributed by atoms with E-state index in [0.29, 0.717) is 0 Å². The highest BCUT2D eigenvalue weighted by atomic mass is 16.3. The van der Waals surface area contributed by atoms with E-state index in [-0.39, 0.29) is 0 Å². The summed E-state index contributed by atoms with van der Waals surface area (Å²) in [6.45, 7) is 9.97. The topological polar surface area (TPSA) is 13.1 Å². The first kappa shape index (κ1) is 12.8. The largest absolute Gasteiger partial charge is 0.468 e. The Morgan fingerprint density at radius 2 is 1.50 bits per heavy atom. The Balaban J connectivity index is 0.000000379. The van der Waals surface area contributed by atoms with Gasteiger partial charge < -0.3 is 4.42 Å². The second-order valence-electron chi connectivity index (χ2n) is 2.38. The number of hydrogen-bond acceptors (Lipinski definition) is 1. The van der Waals surface area contributed by atoms with Crippen molar-refractivity contribution in [3.05, 3.63) is 36.3 Å². The number of benzene rings is 1. The van der Waals surface area contributed by atoms with Crippen LogP contribution in [0.1, 0.15) is 33.5 Å². The van der Waals surface area contributed by atoms with Gasteiger partial charge in [0, 0.05) is 10.8 Å². The zero-order valence-electron chi connectivity index (χ0n) is 9.79. The quantitative estimate of drug-likeness (QED) is 0.584. The number of fused-ring (bicyclic) bond motifs is 1. The first-order chi connectivity index (χ1) is 6.88. The minimum atomic E-state index is 0.996. The van der Waals surface area contributed by atoms with Crippen molar-refractivity contribution in [2.24, 2.45) is 0 Å². The lowest BCUT2D eigenvalue weighted by atomic mass is 10.2. The lowest BCUT2D eigenvalue weighted by Gasteiger charge is -1.84. The van der Waals surface area contributed by atoms with Gasteiger partial charge in [-0.2, -0.15) is 0 Å². The van der Waals surface area contributed by atoms with Crippen LogP contribution in [0.5, 0.6) is 0 Å². The molecule has 0 saturated heterocycles. The van der Waals surface area contributed by atoms with Crippen molar-refractivity contribution in [3.8, 4) is 0 Å². The van der Waals surface area contributed by atoms with Gasteiger partial charge in [0.25, 0.3) is 0 Å². The molecule has 0 atom stereocenters. The average Bonchev–Trinajstić information content (AvgIpc) is 2.67. The Hall–Kier alpha value is -1.24. The number of aryl methyl sites for hydroxylation is 1. The molecule has 0 bridgehead atoms. The van der Waals surface area contributed by atoms with E-state index in [1.54, 1.807) is 6.26 Å². The average molecular weight is 192 g/mol. The monoisotopic (exact) mass is 192 g/mol. The van der Waals surface area contributed by atoms with E-state index < -0.39 is 0 Å². The fourth-order valence-corrected chi connectivity index (χ4v) is 1.14. The molecule has 1 nitrogen and oxygen atoms in total. The van der Waals surface area contributed by atoms with Crippen LogP contribution in [0, 0.1) is 6.92 Å². The smallest absolute Gasteiger partial charge is 0.108 e. The molecule has 0 N–H and O–H groups in total. The molecule has 0 aliphatic heterocycles. The zero-order chi connectivity index (χ0) is 11.0. The summed E-state index contributed by atoms with van der Waals surface area (Å²) in [7, 11) is 0. The Morgan fingerprint density at radius 1 is 0.929 bits per heavy atom. The molecule has 1 aromatic carbocycles. The Morgan fingerprint density at radius 3 is 2.07 bits per heavy atom. The molecular formula is C13H20O. The Kier molecular flexibility index (Phi) is 6.55. The summed E-state index contributed by atoms with van der Waals surface area (Å²) in [4.78, 5) is 0. The van der Waals surface area contributed by atoms with Gasteiger partial charge in [0.2, 0.25) is 0 Å². The van der Waals surface area contributed by atoms with Crippen molar-refractivity contribution in [1.29, 1.82) is 0 Å². The second kappa shape index (κ2) is 7.19. The minimum absolute atomic E-state index is 0.996. The van der Waals surface area contributed by atoms with E-state index in [1.807, 2.05) is 52.8 Å². The molecular weight excluding hydrogens is 172 g/mol. The highest BCUT2D eigenvalue weighted by Crippen LogP contribution is 2.18. The van der Waals surface area contributed by atoms with E-state index in [4.69, 9.17) is 4.42 Å². The van der Waals surface area contributed by atoms with Crippen LogP contribution in [0.15, 0.2) is 34.9 Å². The van der Waals surface area contributed by atoms with Crippen LogP contribution in [-0.2, 0) is 0 Å². The van der Waals surface area contributed by atoms with Crippen molar-refractivity contribution in [1.82, 2.24) is 0 Å². The third kappa shape index (κ3) is 2.91. The lowest BCUT2D eigenvalue weighted by molar-refractivity contribution is 0.540. The van der Waals surface area contributed by atoms with E-state index in [2.05, 4.69) is 6.07 Å². The predicted molar refractivity (Wildman–Crippen MR) is 63.6 cm³/mol. The van der Waals surface area contributed by atoms with Crippen molar-refractivity contribution >= 4 is 10.8 Å². The molecule has 0 radical (unpaired) electrons. The van der Waals surface area contributed by atoms with Crippen molar-refractivity contribution in [2.75, 3.05) is 0 Å². The van der Waals surface area contributed by atoms with Crippen LogP contribution in [0.25, 0.3) is 10.8 Å². The van der Waals surface area contributed by atoms with Crippen molar-refractivity contribution in [3.63, 3.8) is 0 Å². The summed E-state index contributed by atoms with van der Waals surface area (Å²) in [5, 5.41) is 2.39. The molecule has 0 spiro atoms. The molecule has 1 heteroatoms. The van der Waals surface area contributed by atoms with Gasteiger partial charge in [-0.15, -0.1) is 0 Å². The van der Waals surface area contributed by atoms with Crippen LogP contribution in [0.3, 0.4) is 0 Å². The molecule has 2 rings (SSSR count). The molecule has 14 heavy (non-hydrogen) atoms. The third-order valence-electron chi connectivity index (χ3n) is 1.70. The maximum atomic E-state index is 5.21. The van der Waals surface area contributed by atoms with Crippen LogP contribution in [0.2, 0.25) is 0 Å².